The van der Waals surface area contributed by atoms with Crippen LogP contribution in [0.25, 0.3) is 0 Å². The summed E-state index contributed by atoms with van der Waals surface area (Å²) >= 11 is 0. The summed E-state index contributed by atoms with van der Waals surface area (Å²) in [7, 11) is 1.54. The normalized spacial score (nSPS) is 10.0. The SMILES string of the molecule is COc1cccc(C(=O)NCC(=O)NCc2cccc(C)c2)c1. The van der Waals surface area contributed by atoms with E-state index in [1.54, 1.807) is 24.3 Å². The third-order valence-corrected chi connectivity index (χ3v) is 3.31. The van der Waals surface area contributed by atoms with Crippen molar-refractivity contribution in [1.29, 1.82) is 0 Å². The van der Waals surface area contributed by atoms with E-state index in [0.717, 1.165) is 11.1 Å². The van der Waals surface area contributed by atoms with Gasteiger partial charge >= 0.3 is 0 Å². The molecule has 0 saturated heterocycles. The van der Waals surface area contributed by atoms with Crippen LogP contribution in [0.1, 0.15) is 21.5 Å². The summed E-state index contributed by atoms with van der Waals surface area (Å²) in [6.07, 6.45) is 0. The summed E-state index contributed by atoms with van der Waals surface area (Å²) in [4.78, 5) is 23.8. The molecule has 2 amide bonds. The zero-order valence-electron chi connectivity index (χ0n) is 13.3. The molecule has 0 fully saturated rings. The maximum Gasteiger partial charge on any atom is 0.251 e. The molecule has 2 aromatic carbocycles. The Balaban J connectivity index is 1.80. The molecule has 0 spiro atoms. The van der Waals surface area contributed by atoms with E-state index in [9.17, 15) is 9.59 Å². The number of aryl methyl sites for hydroxylation is 1. The van der Waals surface area contributed by atoms with Crippen molar-refractivity contribution < 1.29 is 14.3 Å². The second kappa shape index (κ2) is 7.98. The molecule has 0 radical (unpaired) electrons. The fourth-order valence-corrected chi connectivity index (χ4v) is 2.11. The van der Waals surface area contributed by atoms with Gasteiger partial charge < -0.3 is 15.4 Å². The van der Waals surface area contributed by atoms with E-state index in [1.807, 2.05) is 31.2 Å². The van der Waals surface area contributed by atoms with Crippen molar-refractivity contribution in [2.75, 3.05) is 13.7 Å². The van der Waals surface area contributed by atoms with Gasteiger partial charge in [0.25, 0.3) is 5.91 Å². The minimum absolute atomic E-state index is 0.0676. The van der Waals surface area contributed by atoms with Gasteiger partial charge in [-0.15, -0.1) is 0 Å². The van der Waals surface area contributed by atoms with Crippen LogP contribution in [0.4, 0.5) is 0 Å². The minimum Gasteiger partial charge on any atom is -0.497 e. The molecule has 0 heterocycles. The Kier molecular flexibility index (Phi) is 5.74. The van der Waals surface area contributed by atoms with Gasteiger partial charge in [-0.1, -0.05) is 35.9 Å². The highest BCUT2D eigenvalue weighted by Gasteiger charge is 2.08. The Hall–Kier alpha value is -2.82. The molecule has 0 bridgehead atoms. The number of rotatable bonds is 6. The summed E-state index contributed by atoms with van der Waals surface area (Å²) in [5, 5.41) is 5.37. The topological polar surface area (TPSA) is 67.4 Å². The fourth-order valence-electron chi connectivity index (χ4n) is 2.11. The monoisotopic (exact) mass is 312 g/mol. The van der Waals surface area contributed by atoms with Crippen molar-refractivity contribution in [3.8, 4) is 5.75 Å². The van der Waals surface area contributed by atoms with Crippen LogP contribution in [-0.2, 0) is 11.3 Å². The lowest BCUT2D eigenvalue weighted by Crippen LogP contribution is -2.36. The molecule has 5 nitrogen and oxygen atoms in total. The number of methoxy groups -OCH3 is 1. The number of amides is 2. The molecule has 0 saturated carbocycles. The lowest BCUT2D eigenvalue weighted by Gasteiger charge is -2.08. The van der Waals surface area contributed by atoms with Crippen LogP contribution in [0.3, 0.4) is 0 Å². The number of hydrogen-bond donors (Lipinski definition) is 2. The first kappa shape index (κ1) is 16.5. The van der Waals surface area contributed by atoms with Crippen molar-refractivity contribution >= 4 is 11.8 Å². The largest absolute Gasteiger partial charge is 0.497 e. The van der Waals surface area contributed by atoms with Crippen LogP contribution in [0.5, 0.6) is 5.75 Å². The predicted octanol–water partition coefficient (Wildman–Crippen LogP) is 2.05. The van der Waals surface area contributed by atoms with E-state index in [0.29, 0.717) is 17.9 Å². The molecule has 0 aliphatic rings. The van der Waals surface area contributed by atoms with Crippen molar-refractivity contribution in [2.45, 2.75) is 13.5 Å². The van der Waals surface area contributed by atoms with Crippen molar-refractivity contribution in [3.63, 3.8) is 0 Å². The lowest BCUT2D eigenvalue weighted by atomic mass is 10.1. The molecule has 2 N–H and O–H groups in total. The Morgan fingerprint density at radius 3 is 2.57 bits per heavy atom. The third-order valence-electron chi connectivity index (χ3n) is 3.31. The predicted molar refractivity (Wildman–Crippen MR) is 88.4 cm³/mol. The van der Waals surface area contributed by atoms with Crippen LogP contribution in [0.2, 0.25) is 0 Å². The van der Waals surface area contributed by atoms with Crippen molar-refractivity contribution in [3.05, 3.63) is 65.2 Å². The first-order chi connectivity index (χ1) is 11.1. The van der Waals surface area contributed by atoms with Gasteiger partial charge in [0, 0.05) is 12.1 Å². The fraction of sp³-hybridized carbons (Fsp3) is 0.222. The lowest BCUT2D eigenvalue weighted by molar-refractivity contribution is -0.120. The molecule has 5 heteroatoms. The summed E-state index contributed by atoms with van der Waals surface area (Å²) in [6.45, 7) is 2.37. The van der Waals surface area contributed by atoms with Crippen LogP contribution in [0, 0.1) is 6.92 Å². The number of hydrogen-bond acceptors (Lipinski definition) is 3. The molecule has 2 aromatic rings. The number of nitrogens with one attached hydrogen (secondary N) is 2. The Morgan fingerprint density at radius 2 is 1.83 bits per heavy atom. The smallest absolute Gasteiger partial charge is 0.251 e. The van der Waals surface area contributed by atoms with Gasteiger partial charge in [-0.25, -0.2) is 0 Å². The van der Waals surface area contributed by atoms with Gasteiger partial charge in [-0.05, 0) is 30.7 Å². The number of carbonyl (C=O) groups is 2. The van der Waals surface area contributed by atoms with E-state index < -0.39 is 0 Å². The maximum atomic E-state index is 12.0. The van der Waals surface area contributed by atoms with Gasteiger partial charge in [0.05, 0.1) is 13.7 Å². The summed E-state index contributed by atoms with van der Waals surface area (Å²) in [5.41, 5.74) is 2.62. The van der Waals surface area contributed by atoms with E-state index in [2.05, 4.69) is 10.6 Å². The Bertz CT molecular complexity index is 698. The maximum absolute atomic E-state index is 12.0. The zero-order chi connectivity index (χ0) is 16.7. The Labute approximate surface area is 135 Å². The standard InChI is InChI=1S/C18H20N2O3/c1-13-5-3-6-14(9-13)11-19-17(21)12-20-18(22)15-7-4-8-16(10-15)23-2/h3-10H,11-12H2,1-2H3,(H,19,21)(H,20,22). The van der Waals surface area contributed by atoms with Gasteiger partial charge in [0.15, 0.2) is 0 Å². The summed E-state index contributed by atoms with van der Waals surface area (Å²) in [6, 6.07) is 14.7. The molecule has 120 valence electrons. The van der Waals surface area contributed by atoms with Gasteiger partial charge in [-0.2, -0.15) is 0 Å². The highest BCUT2D eigenvalue weighted by molar-refractivity contribution is 5.96. The van der Waals surface area contributed by atoms with E-state index >= 15 is 0 Å². The second-order valence-corrected chi connectivity index (χ2v) is 5.18. The van der Waals surface area contributed by atoms with E-state index in [-0.39, 0.29) is 18.4 Å². The third kappa shape index (κ3) is 5.14. The van der Waals surface area contributed by atoms with Crippen LogP contribution in [0.15, 0.2) is 48.5 Å². The van der Waals surface area contributed by atoms with Crippen LogP contribution < -0.4 is 15.4 Å². The average Bonchev–Trinajstić information content (AvgIpc) is 2.58. The summed E-state index contributed by atoms with van der Waals surface area (Å²) in [5.74, 6) is 0.0545. The first-order valence-electron chi connectivity index (χ1n) is 7.33. The second-order valence-electron chi connectivity index (χ2n) is 5.18. The molecule has 0 aliphatic carbocycles. The first-order valence-corrected chi connectivity index (χ1v) is 7.33. The van der Waals surface area contributed by atoms with Crippen LogP contribution in [-0.4, -0.2) is 25.5 Å². The van der Waals surface area contributed by atoms with Crippen molar-refractivity contribution in [1.82, 2.24) is 10.6 Å². The number of ether oxygens (including phenoxy) is 1. The number of carbonyl (C=O) groups excluding carboxylic acids is 2. The highest BCUT2D eigenvalue weighted by atomic mass is 16.5. The molecule has 23 heavy (non-hydrogen) atoms. The minimum atomic E-state index is -0.311. The molecule has 0 aromatic heterocycles. The average molecular weight is 312 g/mol. The molecular weight excluding hydrogens is 292 g/mol. The Morgan fingerprint density at radius 1 is 1.04 bits per heavy atom. The molecular formula is C18H20N2O3. The van der Waals surface area contributed by atoms with Gasteiger partial charge in [0.2, 0.25) is 5.91 Å². The van der Waals surface area contributed by atoms with E-state index in [4.69, 9.17) is 4.74 Å². The molecule has 0 aliphatic heterocycles. The highest BCUT2D eigenvalue weighted by Crippen LogP contribution is 2.12. The number of benzene rings is 2. The molecule has 2 rings (SSSR count). The molecule has 0 unspecified atom stereocenters. The quantitative estimate of drug-likeness (QED) is 0.858. The van der Waals surface area contributed by atoms with Crippen molar-refractivity contribution in [2.24, 2.45) is 0 Å². The van der Waals surface area contributed by atoms with Gasteiger partial charge in [0.1, 0.15) is 5.75 Å². The summed E-state index contributed by atoms with van der Waals surface area (Å²) < 4.78 is 5.07. The van der Waals surface area contributed by atoms with Crippen LogP contribution >= 0.6 is 0 Å². The molecule has 0 atom stereocenters. The van der Waals surface area contributed by atoms with Gasteiger partial charge in [-0.3, -0.25) is 9.59 Å². The van der Waals surface area contributed by atoms with E-state index in [1.165, 1.54) is 7.11 Å². The zero-order valence-corrected chi connectivity index (χ0v) is 13.3.